The van der Waals surface area contributed by atoms with Gasteiger partial charge in [0, 0.05) is 11.1 Å². The van der Waals surface area contributed by atoms with Crippen LogP contribution in [0.4, 0.5) is 11.4 Å². The Bertz CT molecular complexity index is 1640. The van der Waals surface area contributed by atoms with Gasteiger partial charge in [-0.25, -0.2) is 26.8 Å². The zero-order chi connectivity index (χ0) is 24.1. The van der Waals surface area contributed by atoms with Crippen molar-refractivity contribution >= 4 is 53.5 Å². The number of imidazole rings is 2. The van der Waals surface area contributed by atoms with E-state index in [0.29, 0.717) is 45.1 Å². The molecule has 10 nitrogen and oxygen atoms in total. The van der Waals surface area contributed by atoms with E-state index in [0.717, 1.165) is 23.6 Å². The van der Waals surface area contributed by atoms with Gasteiger partial charge in [-0.3, -0.25) is 9.44 Å². The van der Waals surface area contributed by atoms with Crippen LogP contribution in [0.15, 0.2) is 60.7 Å². The van der Waals surface area contributed by atoms with Gasteiger partial charge in [0.05, 0.1) is 46.0 Å². The summed E-state index contributed by atoms with van der Waals surface area (Å²) in [4.78, 5) is 15.8. The highest BCUT2D eigenvalue weighted by molar-refractivity contribution is 7.92. The van der Waals surface area contributed by atoms with Crippen molar-refractivity contribution in [3.05, 3.63) is 60.7 Å². The molecule has 0 saturated heterocycles. The summed E-state index contributed by atoms with van der Waals surface area (Å²) in [6, 6.07) is 17.8. The molecule has 3 aromatic carbocycles. The molecular formula is C22H20N6O4S2. The van der Waals surface area contributed by atoms with E-state index in [4.69, 9.17) is 0 Å². The third-order valence-corrected chi connectivity index (χ3v) is 6.22. The lowest BCUT2D eigenvalue weighted by Gasteiger charge is -2.04. The molecule has 2 aromatic heterocycles. The van der Waals surface area contributed by atoms with Gasteiger partial charge >= 0.3 is 0 Å². The van der Waals surface area contributed by atoms with Gasteiger partial charge in [-0.1, -0.05) is 24.3 Å². The number of nitrogens with one attached hydrogen (secondary N) is 4. The molecule has 0 aliphatic heterocycles. The lowest BCUT2D eigenvalue weighted by Crippen LogP contribution is -2.09. The highest BCUT2D eigenvalue weighted by Gasteiger charge is 2.15. The molecule has 0 aliphatic rings. The van der Waals surface area contributed by atoms with Crippen LogP contribution in [-0.2, 0) is 20.0 Å². The number of fused-ring (bicyclic) bond motifs is 2. The van der Waals surface area contributed by atoms with Crippen LogP contribution in [0.3, 0.4) is 0 Å². The predicted octanol–water partition coefficient (Wildman–Crippen LogP) is 3.52. The lowest BCUT2D eigenvalue weighted by molar-refractivity contribution is 0.605. The number of sulfonamides is 2. The Morgan fingerprint density at radius 1 is 0.647 bits per heavy atom. The fraction of sp³-hybridized carbons (Fsp3) is 0.0909. The minimum absolute atomic E-state index is 0.439. The van der Waals surface area contributed by atoms with E-state index in [2.05, 4.69) is 29.4 Å². The fourth-order valence-electron chi connectivity index (χ4n) is 3.73. The maximum atomic E-state index is 11.5. The minimum Gasteiger partial charge on any atom is -0.338 e. The van der Waals surface area contributed by atoms with Crippen LogP contribution in [0.2, 0.25) is 0 Å². The highest BCUT2D eigenvalue weighted by atomic mass is 32.2. The predicted molar refractivity (Wildman–Crippen MR) is 134 cm³/mol. The van der Waals surface area contributed by atoms with Crippen LogP contribution in [0, 0.1) is 0 Å². The molecule has 12 heteroatoms. The molecule has 0 amide bonds. The summed E-state index contributed by atoms with van der Waals surface area (Å²) < 4.78 is 51.1. The molecule has 0 spiro atoms. The molecule has 0 unspecified atom stereocenters. The number of benzene rings is 3. The summed E-state index contributed by atoms with van der Waals surface area (Å²) in [6.07, 6.45) is 2.19. The summed E-state index contributed by atoms with van der Waals surface area (Å²) in [7, 11) is -6.79. The van der Waals surface area contributed by atoms with Gasteiger partial charge in [0.15, 0.2) is 0 Å². The van der Waals surface area contributed by atoms with Crippen molar-refractivity contribution in [1.82, 2.24) is 19.9 Å². The number of aromatic amines is 2. The van der Waals surface area contributed by atoms with Gasteiger partial charge in [0.2, 0.25) is 20.0 Å². The van der Waals surface area contributed by atoms with E-state index < -0.39 is 20.0 Å². The first-order valence-electron chi connectivity index (χ1n) is 10.1. The molecule has 34 heavy (non-hydrogen) atoms. The zero-order valence-electron chi connectivity index (χ0n) is 18.1. The number of aromatic nitrogens is 4. The van der Waals surface area contributed by atoms with Crippen LogP contribution in [-0.4, -0.2) is 49.3 Å². The Morgan fingerprint density at radius 3 is 1.44 bits per heavy atom. The van der Waals surface area contributed by atoms with Gasteiger partial charge in [-0.15, -0.1) is 0 Å². The van der Waals surface area contributed by atoms with Gasteiger partial charge < -0.3 is 9.97 Å². The first-order chi connectivity index (χ1) is 16.0. The standard InChI is InChI=1S/C22H20N6O4S2/c1-33(29,30)27-13-7-9-17-19(11-13)25-21(23-17)15-5-3-4-6-16(15)22-24-18-10-8-14(12-20(18)26-22)28-34(2,31)32/h3-12,27-28H,1-2H3,(H,23,25)(H,24,26). The van der Waals surface area contributed by atoms with Crippen molar-refractivity contribution < 1.29 is 16.8 Å². The second kappa shape index (κ2) is 7.85. The van der Waals surface area contributed by atoms with Crippen molar-refractivity contribution in [2.75, 3.05) is 22.0 Å². The van der Waals surface area contributed by atoms with Crippen LogP contribution < -0.4 is 9.44 Å². The van der Waals surface area contributed by atoms with Crippen LogP contribution >= 0.6 is 0 Å². The Balaban J connectivity index is 1.56. The molecule has 2 heterocycles. The monoisotopic (exact) mass is 496 g/mol. The molecule has 174 valence electrons. The number of nitrogens with zero attached hydrogens (tertiary/aromatic N) is 2. The maximum Gasteiger partial charge on any atom is 0.229 e. The van der Waals surface area contributed by atoms with E-state index in [1.165, 1.54) is 0 Å². The smallest absolute Gasteiger partial charge is 0.229 e. The van der Waals surface area contributed by atoms with Gasteiger partial charge in [0.25, 0.3) is 0 Å². The quantitative estimate of drug-likeness (QED) is 0.282. The maximum absolute atomic E-state index is 11.5. The minimum atomic E-state index is -3.39. The summed E-state index contributed by atoms with van der Waals surface area (Å²) >= 11 is 0. The van der Waals surface area contributed by atoms with Crippen molar-refractivity contribution in [3.8, 4) is 22.8 Å². The summed E-state index contributed by atoms with van der Waals surface area (Å²) in [6.45, 7) is 0. The Hall–Kier alpha value is -3.90. The van der Waals surface area contributed by atoms with E-state index in [9.17, 15) is 16.8 Å². The van der Waals surface area contributed by atoms with Crippen molar-refractivity contribution in [1.29, 1.82) is 0 Å². The Labute approximate surface area is 195 Å². The molecule has 0 saturated carbocycles. The highest BCUT2D eigenvalue weighted by Crippen LogP contribution is 2.32. The van der Waals surface area contributed by atoms with Crippen molar-refractivity contribution in [3.63, 3.8) is 0 Å². The molecule has 0 aliphatic carbocycles. The van der Waals surface area contributed by atoms with E-state index in [1.807, 2.05) is 24.3 Å². The molecule has 5 aromatic rings. The number of hydrogen-bond donors (Lipinski definition) is 4. The van der Waals surface area contributed by atoms with E-state index in [-0.39, 0.29) is 0 Å². The second-order valence-electron chi connectivity index (χ2n) is 7.93. The average molecular weight is 497 g/mol. The van der Waals surface area contributed by atoms with Crippen molar-refractivity contribution in [2.24, 2.45) is 0 Å². The van der Waals surface area contributed by atoms with Crippen LogP contribution in [0.1, 0.15) is 0 Å². The molecule has 5 rings (SSSR count). The molecule has 0 radical (unpaired) electrons. The topological polar surface area (TPSA) is 150 Å². The lowest BCUT2D eigenvalue weighted by atomic mass is 10.1. The van der Waals surface area contributed by atoms with E-state index in [1.54, 1.807) is 36.4 Å². The first kappa shape index (κ1) is 21.9. The fourth-order valence-corrected chi connectivity index (χ4v) is 4.84. The number of anilines is 2. The van der Waals surface area contributed by atoms with Crippen LogP contribution in [0.25, 0.3) is 44.8 Å². The molecule has 0 bridgehead atoms. The zero-order valence-corrected chi connectivity index (χ0v) is 19.8. The van der Waals surface area contributed by atoms with Gasteiger partial charge in [-0.05, 0) is 36.4 Å². The number of hydrogen-bond acceptors (Lipinski definition) is 6. The second-order valence-corrected chi connectivity index (χ2v) is 11.4. The summed E-state index contributed by atoms with van der Waals surface area (Å²) in [5.74, 6) is 1.20. The average Bonchev–Trinajstić information content (AvgIpc) is 3.34. The summed E-state index contributed by atoms with van der Waals surface area (Å²) in [5, 5.41) is 0. The van der Waals surface area contributed by atoms with Gasteiger partial charge in [0.1, 0.15) is 11.6 Å². The third-order valence-electron chi connectivity index (χ3n) is 5.01. The molecule has 0 atom stereocenters. The largest absolute Gasteiger partial charge is 0.338 e. The normalized spacial score (nSPS) is 12.3. The Morgan fingerprint density at radius 2 is 1.06 bits per heavy atom. The molecule has 4 N–H and O–H groups in total. The number of rotatable bonds is 6. The van der Waals surface area contributed by atoms with Crippen LogP contribution in [0.5, 0.6) is 0 Å². The SMILES string of the molecule is CS(=O)(=O)Nc1ccc2nc(-c3ccccc3-c3nc4ccc(NS(C)(=O)=O)cc4[nH]3)[nH]c2c1. The number of H-pyrrole nitrogens is 2. The summed E-state index contributed by atoms with van der Waals surface area (Å²) in [5.41, 5.74) is 5.20. The Kier molecular flexibility index (Phi) is 5.06. The molecule has 0 fully saturated rings. The first-order valence-corrected chi connectivity index (χ1v) is 13.9. The van der Waals surface area contributed by atoms with Gasteiger partial charge in [-0.2, -0.15) is 0 Å². The van der Waals surface area contributed by atoms with Crippen molar-refractivity contribution in [2.45, 2.75) is 0 Å². The van der Waals surface area contributed by atoms with E-state index >= 15 is 0 Å². The third kappa shape index (κ3) is 4.58. The molecular weight excluding hydrogens is 476 g/mol.